The summed E-state index contributed by atoms with van der Waals surface area (Å²) in [7, 11) is 2.00. The molecule has 0 fully saturated rings. The predicted octanol–water partition coefficient (Wildman–Crippen LogP) is 2.85. The third kappa shape index (κ3) is 3.53. The summed E-state index contributed by atoms with van der Waals surface area (Å²) in [5.41, 5.74) is -1.08. The second-order valence-electron chi connectivity index (χ2n) is 3.97. The lowest BCUT2D eigenvalue weighted by molar-refractivity contribution is 0.0644. The van der Waals surface area contributed by atoms with Crippen molar-refractivity contribution in [1.82, 2.24) is 4.90 Å². The van der Waals surface area contributed by atoms with Gasteiger partial charge >= 0.3 is 0 Å². The van der Waals surface area contributed by atoms with Crippen LogP contribution in [0.3, 0.4) is 0 Å². The summed E-state index contributed by atoms with van der Waals surface area (Å²) in [6, 6.07) is 0.0532. The minimum atomic E-state index is -1.08. The van der Waals surface area contributed by atoms with Gasteiger partial charge in [-0.1, -0.05) is 13.8 Å². The summed E-state index contributed by atoms with van der Waals surface area (Å²) in [6.45, 7) is 8.46. The molecule has 1 nitrogen and oxygen atoms in total. The Bertz CT molecular complexity index is 117. The lowest BCUT2D eigenvalue weighted by Gasteiger charge is -2.34. The van der Waals surface area contributed by atoms with Crippen molar-refractivity contribution in [2.45, 2.75) is 52.2 Å². The van der Waals surface area contributed by atoms with E-state index < -0.39 is 5.67 Å². The molecule has 2 heteroatoms. The van der Waals surface area contributed by atoms with Crippen LogP contribution in [-0.4, -0.2) is 30.2 Å². The van der Waals surface area contributed by atoms with Crippen molar-refractivity contribution in [3.63, 3.8) is 0 Å². The van der Waals surface area contributed by atoms with E-state index in [0.717, 1.165) is 19.4 Å². The van der Waals surface area contributed by atoms with Gasteiger partial charge in [-0.25, -0.2) is 4.39 Å². The van der Waals surface area contributed by atoms with E-state index in [2.05, 4.69) is 11.8 Å². The first-order chi connectivity index (χ1) is 5.43. The molecular formula is C10H22FN. The van der Waals surface area contributed by atoms with Gasteiger partial charge in [0.2, 0.25) is 0 Å². The fourth-order valence-electron chi connectivity index (χ4n) is 1.83. The quantitative estimate of drug-likeness (QED) is 0.621. The van der Waals surface area contributed by atoms with Gasteiger partial charge in [-0.15, -0.1) is 0 Å². The molecule has 0 amide bonds. The standard InChI is InChI=1S/C10H22FN/c1-6-8-12(5)9(7-2)10(3,4)11/h9H,6-8H2,1-5H3. The molecule has 12 heavy (non-hydrogen) atoms. The molecule has 74 valence electrons. The van der Waals surface area contributed by atoms with Crippen LogP contribution in [0.15, 0.2) is 0 Å². The van der Waals surface area contributed by atoms with Crippen LogP contribution in [0.1, 0.15) is 40.5 Å². The Morgan fingerprint density at radius 3 is 2.08 bits per heavy atom. The van der Waals surface area contributed by atoms with Crippen LogP contribution in [0, 0.1) is 0 Å². The van der Waals surface area contributed by atoms with Crippen molar-refractivity contribution in [2.24, 2.45) is 0 Å². The molecule has 0 aliphatic carbocycles. The van der Waals surface area contributed by atoms with Gasteiger partial charge in [-0.05, 0) is 40.3 Å². The first-order valence-electron chi connectivity index (χ1n) is 4.82. The Hall–Kier alpha value is -0.110. The highest BCUT2D eigenvalue weighted by molar-refractivity contribution is 4.83. The molecule has 0 aliphatic rings. The Balaban J connectivity index is 4.14. The zero-order valence-corrected chi connectivity index (χ0v) is 9.02. The molecule has 0 aliphatic heterocycles. The normalized spacial score (nSPS) is 15.2. The van der Waals surface area contributed by atoms with Gasteiger partial charge in [0.1, 0.15) is 5.67 Å². The summed E-state index contributed by atoms with van der Waals surface area (Å²) < 4.78 is 13.6. The zero-order valence-electron chi connectivity index (χ0n) is 9.02. The van der Waals surface area contributed by atoms with Crippen molar-refractivity contribution in [1.29, 1.82) is 0 Å². The van der Waals surface area contributed by atoms with Gasteiger partial charge in [-0.3, -0.25) is 0 Å². The van der Waals surface area contributed by atoms with E-state index in [4.69, 9.17) is 0 Å². The molecule has 0 saturated carbocycles. The number of hydrogen-bond donors (Lipinski definition) is 0. The largest absolute Gasteiger partial charge is 0.300 e. The summed E-state index contributed by atoms with van der Waals surface area (Å²) in [4.78, 5) is 2.11. The van der Waals surface area contributed by atoms with Crippen LogP contribution in [0.5, 0.6) is 0 Å². The van der Waals surface area contributed by atoms with Crippen molar-refractivity contribution in [3.8, 4) is 0 Å². The molecule has 0 N–H and O–H groups in total. The van der Waals surface area contributed by atoms with Gasteiger partial charge < -0.3 is 4.90 Å². The van der Waals surface area contributed by atoms with Gasteiger partial charge in [0.25, 0.3) is 0 Å². The molecule has 0 rings (SSSR count). The highest BCUT2D eigenvalue weighted by Gasteiger charge is 2.30. The van der Waals surface area contributed by atoms with Crippen molar-refractivity contribution >= 4 is 0 Å². The topological polar surface area (TPSA) is 3.24 Å². The fourth-order valence-corrected chi connectivity index (χ4v) is 1.83. The average molecular weight is 175 g/mol. The van der Waals surface area contributed by atoms with E-state index in [9.17, 15) is 4.39 Å². The minimum Gasteiger partial charge on any atom is -0.300 e. The van der Waals surface area contributed by atoms with Gasteiger partial charge in [0.05, 0.1) is 0 Å². The van der Waals surface area contributed by atoms with Crippen LogP contribution in [0.25, 0.3) is 0 Å². The smallest absolute Gasteiger partial charge is 0.120 e. The molecule has 0 saturated heterocycles. The maximum absolute atomic E-state index is 13.6. The number of rotatable bonds is 5. The van der Waals surface area contributed by atoms with Crippen LogP contribution in [0.4, 0.5) is 4.39 Å². The molecule has 0 aromatic carbocycles. The van der Waals surface area contributed by atoms with Crippen LogP contribution < -0.4 is 0 Å². The Morgan fingerprint density at radius 2 is 1.83 bits per heavy atom. The molecule has 0 bridgehead atoms. The monoisotopic (exact) mass is 175 g/mol. The van der Waals surface area contributed by atoms with E-state index in [1.54, 1.807) is 13.8 Å². The van der Waals surface area contributed by atoms with E-state index in [1.807, 2.05) is 14.0 Å². The maximum Gasteiger partial charge on any atom is 0.120 e. The van der Waals surface area contributed by atoms with Gasteiger partial charge in [-0.2, -0.15) is 0 Å². The van der Waals surface area contributed by atoms with Crippen LogP contribution >= 0.6 is 0 Å². The summed E-state index contributed by atoms with van der Waals surface area (Å²) in [5, 5.41) is 0. The number of halogens is 1. The number of hydrogen-bond acceptors (Lipinski definition) is 1. The maximum atomic E-state index is 13.6. The fraction of sp³-hybridized carbons (Fsp3) is 1.00. The van der Waals surface area contributed by atoms with Crippen LogP contribution in [0.2, 0.25) is 0 Å². The molecule has 0 aromatic heterocycles. The Kier molecular flexibility index (Phi) is 4.76. The first kappa shape index (κ1) is 11.9. The Labute approximate surface area is 75.9 Å². The van der Waals surface area contributed by atoms with Gasteiger partial charge in [0.15, 0.2) is 0 Å². The molecule has 0 heterocycles. The lowest BCUT2D eigenvalue weighted by Crippen LogP contribution is -2.44. The molecular weight excluding hydrogens is 153 g/mol. The first-order valence-corrected chi connectivity index (χ1v) is 4.82. The highest BCUT2D eigenvalue weighted by Crippen LogP contribution is 2.21. The van der Waals surface area contributed by atoms with Crippen molar-refractivity contribution < 1.29 is 4.39 Å². The molecule has 0 radical (unpaired) electrons. The second-order valence-corrected chi connectivity index (χ2v) is 3.97. The summed E-state index contributed by atoms with van der Waals surface area (Å²) >= 11 is 0. The third-order valence-electron chi connectivity index (χ3n) is 2.29. The third-order valence-corrected chi connectivity index (χ3v) is 2.29. The molecule has 1 atom stereocenters. The van der Waals surface area contributed by atoms with Crippen LogP contribution in [-0.2, 0) is 0 Å². The molecule has 1 unspecified atom stereocenters. The second kappa shape index (κ2) is 4.80. The van der Waals surface area contributed by atoms with E-state index in [1.165, 1.54) is 0 Å². The van der Waals surface area contributed by atoms with Crippen molar-refractivity contribution in [2.75, 3.05) is 13.6 Å². The summed E-state index contributed by atoms with van der Waals surface area (Å²) in [6.07, 6.45) is 1.96. The number of alkyl halides is 1. The van der Waals surface area contributed by atoms with E-state index in [-0.39, 0.29) is 6.04 Å². The lowest BCUT2D eigenvalue weighted by atomic mass is 9.97. The van der Waals surface area contributed by atoms with Gasteiger partial charge in [0, 0.05) is 6.04 Å². The van der Waals surface area contributed by atoms with Crippen molar-refractivity contribution in [3.05, 3.63) is 0 Å². The number of nitrogens with zero attached hydrogens (tertiary/aromatic N) is 1. The molecule has 0 aromatic rings. The minimum absolute atomic E-state index is 0.0532. The highest BCUT2D eigenvalue weighted by atomic mass is 19.1. The Morgan fingerprint density at radius 1 is 1.33 bits per heavy atom. The predicted molar refractivity (Wildman–Crippen MR) is 52.2 cm³/mol. The van der Waals surface area contributed by atoms with E-state index in [0.29, 0.717) is 0 Å². The summed E-state index contributed by atoms with van der Waals surface area (Å²) in [5.74, 6) is 0. The SMILES string of the molecule is CCCN(C)C(CC)C(C)(C)F. The average Bonchev–Trinajstić information content (AvgIpc) is 1.85. The zero-order chi connectivity index (χ0) is 9.78. The van der Waals surface area contributed by atoms with E-state index >= 15 is 0 Å². The molecule has 0 spiro atoms.